The van der Waals surface area contributed by atoms with E-state index in [2.05, 4.69) is 34.5 Å². The van der Waals surface area contributed by atoms with Gasteiger partial charge >= 0.3 is 0 Å². The number of nitrogens with one attached hydrogen (secondary N) is 1. The Labute approximate surface area is 156 Å². The van der Waals surface area contributed by atoms with Crippen LogP contribution in [-0.2, 0) is 11.3 Å². The van der Waals surface area contributed by atoms with Gasteiger partial charge in [-0.15, -0.1) is 11.3 Å². The third-order valence-electron chi connectivity index (χ3n) is 4.12. The van der Waals surface area contributed by atoms with E-state index < -0.39 is 0 Å². The minimum Gasteiger partial charge on any atom is -0.361 e. The van der Waals surface area contributed by atoms with Gasteiger partial charge < -0.3 is 9.84 Å². The molecule has 3 aromatic rings. The van der Waals surface area contributed by atoms with Crippen LogP contribution < -0.4 is 5.32 Å². The molecule has 1 aromatic carbocycles. The van der Waals surface area contributed by atoms with Crippen molar-refractivity contribution in [2.24, 2.45) is 0 Å². The number of amides is 1. The van der Waals surface area contributed by atoms with Gasteiger partial charge in [-0.25, -0.2) is 4.98 Å². The fraction of sp³-hybridized carbons (Fsp3) is 0.316. The molecule has 0 fully saturated rings. The third-order valence-corrected chi connectivity index (χ3v) is 4.88. The second-order valence-electron chi connectivity index (χ2n) is 6.43. The molecule has 2 aromatic heterocycles. The minimum absolute atomic E-state index is 0.0935. The summed E-state index contributed by atoms with van der Waals surface area (Å²) in [4.78, 5) is 18.7. The average Bonchev–Trinajstić information content (AvgIpc) is 3.17. The highest BCUT2D eigenvalue weighted by Crippen LogP contribution is 2.25. The van der Waals surface area contributed by atoms with Crippen molar-refractivity contribution in [3.63, 3.8) is 0 Å². The molecule has 0 aliphatic carbocycles. The molecule has 0 atom stereocenters. The predicted molar refractivity (Wildman–Crippen MR) is 103 cm³/mol. The maximum atomic E-state index is 12.3. The first-order valence-electron chi connectivity index (χ1n) is 8.35. The van der Waals surface area contributed by atoms with Gasteiger partial charge in [-0.05, 0) is 27.8 Å². The van der Waals surface area contributed by atoms with E-state index in [4.69, 9.17) is 4.52 Å². The number of carbonyl (C=O) groups is 1. The van der Waals surface area contributed by atoms with Crippen LogP contribution in [0.3, 0.4) is 0 Å². The number of nitrogens with zero attached hydrogens (tertiary/aromatic N) is 3. The van der Waals surface area contributed by atoms with Crippen molar-refractivity contribution in [1.29, 1.82) is 0 Å². The molecule has 0 radical (unpaired) electrons. The zero-order valence-electron chi connectivity index (χ0n) is 15.4. The predicted octanol–water partition coefficient (Wildman–Crippen LogP) is 3.79. The number of aryl methyl sites for hydroxylation is 3. The molecule has 6 nitrogen and oxygen atoms in total. The van der Waals surface area contributed by atoms with Crippen LogP contribution in [0.15, 0.2) is 34.2 Å². The van der Waals surface area contributed by atoms with E-state index in [1.54, 1.807) is 0 Å². The topological polar surface area (TPSA) is 71.3 Å². The Morgan fingerprint density at radius 3 is 2.62 bits per heavy atom. The van der Waals surface area contributed by atoms with Crippen molar-refractivity contribution >= 4 is 22.4 Å². The van der Waals surface area contributed by atoms with Crippen molar-refractivity contribution in [1.82, 2.24) is 15.0 Å². The van der Waals surface area contributed by atoms with Crippen LogP contribution in [0.25, 0.3) is 11.3 Å². The highest BCUT2D eigenvalue weighted by Gasteiger charge is 2.14. The molecule has 3 rings (SSSR count). The van der Waals surface area contributed by atoms with Crippen molar-refractivity contribution in [3.05, 3.63) is 52.2 Å². The molecule has 0 aliphatic heterocycles. The van der Waals surface area contributed by atoms with Gasteiger partial charge in [0.05, 0.1) is 17.9 Å². The lowest BCUT2D eigenvalue weighted by Gasteiger charge is -2.15. The van der Waals surface area contributed by atoms with Crippen LogP contribution in [0, 0.1) is 20.8 Å². The van der Waals surface area contributed by atoms with Crippen molar-refractivity contribution in [2.45, 2.75) is 27.3 Å². The molecule has 1 amide bonds. The van der Waals surface area contributed by atoms with Crippen LogP contribution in [0.2, 0.25) is 0 Å². The fourth-order valence-electron chi connectivity index (χ4n) is 2.65. The number of likely N-dealkylation sites (N-methyl/N-ethyl adjacent to an activating group) is 1. The molecular weight excluding hydrogens is 348 g/mol. The van der Waals surface area contributed by atoms with Gasteiger partial charge in [0.2, 0.25) is 5.91 Å². The highest BCUT2D eigenvalue weighted by atomic mass is 32.1. The maximum Gasteiger partial charge on any atom is 0.240 e. The van der Waals surface area contributed by atoms with Crippen LogP contribution in [0.5, 0.6) is 0 Å². The number of anilines is 1. The molecule has 1 N–H and O–H groups in total. The number of hydrogen-bond donors (Lipinski definition) is 1. The molecule has 26 heavy (non-hydrogen) atoms. The standard InChI is InChI=1S/C19H22N4O2S/c1-12-5-7-15(8-6-12)17-11-26-19(20-17)21-18(24)10-23(4)9-16-13(2)22-25-14(16)3/h5-8,11H,9-10H2,1-4H3,(H,20,21,24). The van der Waals surface area contributed by atoms with Crippen LogP contribution >= 0.6 is 11.3 Å². The van der Waals surface area contributed by atoms with Crippen molar-refractivity contribution in [2.75, 3.05) is 18.9 Å². The zero-order chi connectivity index (χ0) is 18.7. The van der Waals surface area contributed by atoms with E-state index in [1.807, 2.05) is 43.3 Å². The van der Waals surface area contributed by atoms with E-state index >= 15 is 0 Å². The summed E-state index contributed by atoms with van der Waals surface area (Å²) in [7, 11) is 1.89. The van der Waals surface area contributed by atoms with Gasteiger partial charge in [0.1, 0.15) is 5.76 Å². The Morgan fingerprint density at radius 1 is 1.23 bits per heavy atom. The SMILES string of the molecule is Cc1ccc(-c2csc(NC(=O)CN(C)Cc3c(C)noc3C)n2)cc1. The lowest BCUT2D eigenvalue weighted by Crippen LogP contribution is -2.30. The van der Waals surface area contributed by atoms with Crippen LogP contribution in [0.1, 0.15) is 22.6 Å². The Balaban J connectivity index is 1.57. The van der Waals surface area contributed by atoms with Crippen LogP contribution in [-0.4, -0.2) is 34.5 Å². The number of thiazole rings is 1. The second kappa shape index (κ2) is 7.80. The Morgan fingerprint density at radius 2 is 1.96 bits per heavy atom. The molecule has 0 saturated carbocycles. The normalized spacial score (nSPS) is 11.1. The molecule has 0 saturated heterocycles. The van der Waals surface area contributed by atoms with Gasteiger partial charge in [-0.3, -0.25) is 9.69 Å². The zero-order valence-corrected chi connectivity index (χ0v) is 16.2. The highest BCUT2D eigenvalue weighted by molar-refractivity contribution is 7.14. The van der Waals surface area contributed by atoms with Gasteiger partial charge in [0.15, 0.2) is 5.13 Å². The molecule has 0 aliphatic rings. The number of rotatable bonds is 6. The summed E-state index contributed by atoms with van der Waals surface area (Å²) < 4.78 is 5.16. The third kappa shape index (κ3) is 4.36. The van der Waals surface area contributed by atoms with Crippen molar-refractivity contribution < 1.29 is 9.32 Å². The molecule has 0 unspecified atom stereocenters. The lowest BCUT2D eigenvalue weighted by atomic mass is 10.1. The van der Waals surface area contributed by atoms with Crippen molar-refractivity contribution in [3.8, 4) is 11.3 Å². The number of carbonyl (C=O) groups excluding carboxylic acids is 1. The summed E-state index contributed by atoms with van der Waals surface area (Å²) in [6, 6.07) is 8.17. The van der Waals surface area contributed by atoms with Gasteiger partial charge in [-0.2, -0.15) is 0 Å². The number of aromatic nitrogens is 2. The molecular formula is C19H22N4O2S. The Kier molecular flexibility index (Phi) is 5.49. The molecule has 0 bridgehead atoms. The molecule has 2 heterocycles. The second-order valence-corrected chi connectivity index (χ2v) is 7.29. The summed E-state index contributed by atoms with van der Waals surface area (Å²) in [5.41, 5.74) is 5.00. The Hall–Kier alpha value is -2.51. The number of benzene rings is 1. The molecule has 136 valence electrons. The fourth-order valence-corrected chi connectivity index (χ4v) is 3.38. The molecule has 7 heteroatoms. The first kappa shape index (κ1) is 18.3. The maximum absolute atomic E-state index is 12.3. The van der Waals surface area contributed by atoms with E-state index in [9.17, 15) is 4.79 Å². The summed E-state index contributed by atoms with van der Waals surface area (Å²) in [6.45, 7) is 6.72. The summed E-state index contributed by atoms with van der Waals surface area (Å²) in [5.74, 6) is 0.696. The van der Waals surface area contributed by atoms with Crippen LogP contribution in [0.4, 0.5) is 5.13 Å². The number of hydrogen-bond acceptors (Lipinski definition) is 6. The summed E-state index contributed by atoms with van der Waals surface area (Å²) >= 11 is 1.43. The summed E-state index contributed by atoms with van der Waals surface area (Å²) in [6.07, 6.45) is 0. The lowest BCUT2D eigenvalue weighted by molar-refractivity contribution is -0.117. The largest absolute Gasteiger partial charge is 0.361 e. The quantitative estimate of drug-likeness (QED) is 0.715. The van der Waals surface area contributed by atoms with E-state index in [-0.39, 0.29) is 12.5 Å². The minimum atomic E-state index is -0.0935. The average molecular weight is 370 g/mol. The monoisotopic (exact) mass is 370 g/mol. The first-order valence-corrected chi connectivity index (χ1v) is 9.23. The first-order chi connectivity index (χ1) is 12.4. The van der Waals surface area contributed by atoms with Gasteiger partial charge in [-0.1, -0.05) is 35.0 Å². The van der Waals surface area contributed by atoms with E-state index in [0.717, 1.165) is 28.3 Å². The molecule has 0 spiro atoms. The van der Waals surface area contributed by atoms with Gasteiger partial charge in [0, 0.05) is 23.1 Å². The van der Waals surface area contributed by atoms with E-state index in [1.165, 1.54) is 16.9 Å². The summed E-state index contributed by atoms with van der Waals surface area (Å²) in [5, 5.41) is 9.37. The smallest absolute Gasteiger partial charge is 0.240 e. The van der Waals surface area contributed by atoms with Gasteiger partial charge in [0.25, 0.3) is 0 Å². The van der Waals surface area contributed by atoms with E-state index in [0.29, 0.717) is 11.7 Å². The Bertz CT molecular complexity index is 879.